The molecule has 74 valence electrons. The highest BCUT2D eigenvalue weighted by atomic mass is 16.2. The van der Waals surface area contributed by atoms with Gasteiger partial charge in [-0.25, -0.2) is 0 Å². The minimum absolute atomic E-state index is 0.0293. The lowest BCUT2D eigenvalue weighted by Crippen LogP contribution is -2.27. The molecule has 0 heterocycles. The van der Waals surface area contributed by atoms with Crippen LogP contribution in [0.1, 0.15) is 27.2 Å². The van der Waals surface area contributed by atoms with Gasteiger partial charge in [0, 0.05) is 12.7 Å². The van der Waals surface area contributed by atoms with Crippen LogP contribution in [0.2, 0.25) is 0 Å². The first-order valence-electron chi connectivity index (χ1n) is 4.71. The van der Waals surface area contributed by atoms with Crippen molar-refractivity contribution in [1.82, 2.24) is 4.90 Å². The van der Waals surface area contributed by atoms with Crippen LogP contribution < -0.4 is 0 Å². The van der Waals surface area contributed by atoms with Crippen molar-refractivity contribution in [2.75, 3.05) is 6.54 Å². The molecule has 0 saturated heterocycles. The smallest absolute Gasteiger partial charge is 0.249 e. The molecule has 2 heteroatoms. The van der Waals surface area contributed by atoms with Crippen molar-refractivity contribution in [3.8, 4) is 0 Å². The lowest BCUT2D eigenvalue weighted by atomic mass is 10.2. The Morgan fingerprint density at radius 1 is 1.54 bits per heavy atom. The van der Waals surface area contributed by atoms with E-state index in [9.17, 15) is 4.79 Å². The van der Waals surface area contributed by atoms with Gasteiger partial charge in [-0.3, -0.25) is 4.79 Å². The Kier molecular flexibility index (Phi) is 5.94. The molecule has 0 spiro atoms. The van der Waals surface area contributed by atoms with Crippen LogP contribution in [-0.2, 0) is 4.79 Å². The molecule has 2 nitrogen and oxygen atoms in total. The molecule has 0 rings (SSSR count). The summed E-state index contributed by atoms with van der Waals surface area (Å²) in [6.07, 6.45) is 6.11. The molecule has 0 N–H and O–H groups in total. The van der Waals surface area contributed by atoms with E-state index in [1.807, 2.05) is 19.2 Å². The summed E-state index contributed by atoms with van der Waals surface area (Å²) >= 11 is 0. The van der Waals surface area contributed by atoms with Crippen LogP contribution in [0.15, 0.2) is 24.9 Å². The van der Waals surface area contributed by atoms with E-state index in [0.717, 1.165) is 13.0 Å². The third kappa shape index (κ3) is 5.23. The van der Waals surface area contributed by atoms with E-state index in [0.29, 0.717) is 5.92 Å². The first kappa shape index (κ1) is 11.9. The van der Waals surface area contributed by atoms with Crippen LogP contribution in [0.5, 0.6) is 0 Å². The quantitative estimate of drug-likeness (QED) is 0.597. The third-order valence-electron chi connectivity index (χ3n) is 1.54. The topological polar surface area (TPSA) is 20.3 Å². The Morgan fingerprint density at radius 3 is 2.54 bits per heavy atom. The number of allylic oxidation sites excluding steroid dienone is 1. The second-order valence-electron chi connectivity index (χ2n) is 3.38. The minimum atomic E-state index is -0.0293. The second kappa shape index (κ2) is 6.46. The van der Waals surface area contributed by atoms with Crippen molar-refractivity contribution in [2.45, 2.75) is 27.2 Å². The third-order valence-corrected chi connectivity index (χ3v) is 1.54. The van der Waals surface area contributed by atoms with Crippen molar-refractivity contribution < 1.29 is 4.79 Å². The van der Waals surface area contributed by atoms with Crippen molar-refractivity contribution in [1.29, 1.82) is 0 Å². The van der Waals surface area contributed by atoms with Gasteiger partial charge in [-0.05, 0) is 18.4 Å². The van der Waals surface area contributed by atoms with E-state index in [2.05, 4.69) is 20.4 Å². The molecule has 0 aromatic heterocycles. The van der Waals surface area contributed by atoms with Crippen molar-refractivity contribution >= 4 is 5.91 Å². The van der Waals surface area contributed by atoms with Crippen LogP contribution in [0.4, 0.5) is 0 Å². The summed E-state index contributed by atoms with van der Waals surface area (Å²) in [5.41, 5.74) is 0. The molecule has 0 aliphatic rings. The van der Waals surface area contributed by atoms with E-state index >= 15 is 0 Å². The molecule has 0 unspecified atom stereocenters. The number of amides is 1. The highest BCUT2D eigenvalue weighted by Gasteiger charge is 2.07. The maximum absolute atomic E-state index is 11.3. The summed E-state index contributed by atoms with van der Waals surface area (Å²) in [6, 6.07) is 0. The molecule has 13 heavy (non-hydrogen) atoms. The summed E-state index contributed by atoms with van der Waals surface area (Å²) < 4.78 is 0. The van der Waals surface area contributed by atoms with Gasteiger partial charge in [-0.1, -0.05) is 33.4 Å². The zero-order valence-corrected chi connectivity index (χ0v) is 8.79. The van der Waals surface area contributed by atoms with Crippen LogP contribution in [0, 0.1) is 5.92 Å². The average molecular weight is 181 g/mol. The van der Waals surface area contributed by atoms with Gasteiger partial charge in [0.1, 0.15) is 0 Å². The van der Waals surface area contributed by atoms with E-state index in [1.165, 1.54) is 6.08 Å². The van der Waals surface area contributed by atoms with Crippen LogP contribution in [0.3, 0.4) is 0 Å². The lowest BCUT2D eigenvalue weighted by Gasteiger charge is -2.18. The fourth-order valence-electron chi connectivity index (χ4n) is 0.968. The second-order valence-corrected chi connectivity index (χ2v) is 3.38. The molecular weight excluding hydrogens is 162 g/mol. The number of rotatable bonds is 5. The molecule has 0 bridgehead atoms. The molecule has 0 radical (unpaired) electrons. The van der Waals surface area contributed by atoms with E-state index in [-0.39, 0.29) is 5.91 Å². The Hall–Kier alpha value is -1.05. The summed E-state index contributed by atoms with van der Waals surface area (Å²) in [4.78, 5) is 13.0. The van der Waals surface area contributed by atoms with Crippen LogP contribution in [0.25, 0.3) is 0 Å². The summed E-state index contributed by atoms with van der Waals surface area (Å²) in [6.45, 7) is 10.4. The Labute approximate surface area is 80.9 Å². The van der Waals surface area contributed by atoms with Crippen molar-refractivity contribution in [3.05, 3.63) is 24.9 Å². The minimum Gasteiger partial charge on any atom is -0.316 e. The molecule has 0 saturated carbocycles. The monoisotopic (exact) mass is 181 g/mol. The summed E-state index contributed by atoms with van der Waals surface area (Å²) in [5.74, 6) is 0.448. The van der Waals surface area contributed by atoms with E-state index in [1.54, 1.807) is 4.90 Å². The first-order valence-corrected chi connectivity index (χ1v) is 4.71. The molecule has 0 fully saturated rings. The largest absolute Gasteiger partial charge is 0.316 e. The fraction of sp³-hybridized carbons (Fsp3) is 0.545. The zero-order valence-electron chi connectivity index (χ0n) is 8.79. The Bertz CT molecular complexity index is 194. The molecule has 0 aromatic carbocycles. The molecular formula is C11H19NO. The first-order chi connectivity index (χ1) is 6.11. The SMILES string of the molecule is C=CC(=O)N(/C=C/CC)CC(C)C. The molecule has 0 atom stereocenters. The van der Waals surface area contributed by atoms with Crippen LogP contribution in [-0.4, -0.2) is 17.4 Å². The molecule has 0 aliphatic heterocycles. The predicted molar refractivity (Wildman–Crippen MR) is 56.2 cm³/mol. The summed E-state index contributed by atoms with van der Waals surface area (Å²) in [7, 11) is 0. The van der Waals surface area contributed by atoms with Gasteiger partial charge in [0.2, 0.25) is 5.91 Å². The van der Waals surface area contributed by atoms with Gasteiger partial charge in [0.25, 0.3) is 0 Å². The predicted octanol–water partition coefficient (Wildman–Crippen LogP) is 2.58. The number of carbonyl (C=O) groups excluding carboxylic acids is 1. The number of hydrogen-bond acceptors (Lipinski definition) is 1. The molecule has 1 amide bonds. The van der Waals surface area contributed by atoms with Gasteiger partial charge in [0.15, 0.2) is 0 Å². The van der Waals surface area contributed by atoms with E-state index in [4.69, 9.17) is 0 Å². The molecule has 0 aliphatic carbocycles. The Balaban J connectivity index is 4.26. The molecule has 0 aromatic rings. The highest BCUT2D eigenvalue weighted by Crippen LogP contribution is 2.01. The standard InChI is InChI=1S/C11H19NO/c1-5-7-8-12(9-10(3)4)11(13)6-2/h6-8,10H,2,5,9H2,1,3-4H3/b8-7+. The van der Waals surface area contributed by atoms with Gasteiger partial charge in [-0.2, -0.15) is 0 Å². The number of hydrogen-bond donors (Lipinski definition) is 0. The fourth-order valence-corrected chi connectivity index (χ4v) is 0.968. The van der Waals surface area contributed by atoms with Gasteiger partial charge in [-0.15, -0.1) is 0 Å². The van der Waals surface area contributed by atoms with Crippen LogP contribution >= 0.6 is 0 Å². The maximum atomic E-state index is 11.3. The lowest BCUT2D eigenvalue weighted by molar-refractivity contribution is -0.124. The Morgan fingerprint density at radius 2 is 2.15 bits per heavy atom. The summed E-state index contributed by atoms with van der Waals surface area (Å²) in [5, 5.41) is 0. The normalized spacial score (nSPS) is 10.8. The highest BCUT2D eigenvalue weighted by molar-refractivity contribution is 5.87. The van der Waals surface area contributed by atoms with Gasteiger partial charge < -0.3 is 4.90 Å². The van der Waals surface area contributed by atoms with Crippen molar-refractivity contribution in [3.63, 3.8) is 0 Å². The number of nitrogens with zero attached hydrogens (tertiary/aromatic N) is 1. The zero-order chi connectivity index (χ0) is 10.3. The number of carbonyl (C=O) groups is 1. The maximum Gasteiger partial charge on any atom is 0.249 e. The average Bonchev–Trinajstić information content (AvgIpc) is 2.10. The van der Waals surface area contributed by atoms with Gasteiger partial charge in [0.05, 0.1) is 0 Å². The van der Waals surface area contributed by atoms with Crippen molar-refractivity contribution in [2.24, 2.45) is 5.92 Å². The van der Waals surface area contributed by atoms with E-state index < -0.39 is 0 Å². The van der Waals surface area contributed by atoms with Gasteiger partial charge >= 0.3 is 0 Å².